The van der Waals surface area contributed by atoms with Gasteiger partial charge in [0.1, 0.15) is 5.92 Å². The molecule has 0 radical (unpaired) electrons. The van der Waals surface area contributed by atoms with Crippen molar-refractivity contribution >= 4 is 11.9 Å². The number of methoxy groups -OCH3 is 1. The Hall–Kier alpha value is -1.10. The van der Waals surface area contributed by atoms with Crippen LogP contribution in [0.3, 0.4) is 0 Å². The number of aliphatic hydroxyl groups excluding tert-OH is 1. The summed E-state index contributed by atoms with van der Waals surface area (Å²) in [4.78, 5) is 26.8. The van der Waals surface area contributed by atoms with E-state index in [-0.39, 0.29) is 30.0 Å². The zero-order valence-electron chi connectivity index (χ0n) is 12.7. The lowest BCUT2D eigenvalue weighted by Gasteiger charge is -2.55. The molecule has 2 saturated heterocycles. The van der Waals surface area contributed by atoms with Crippen LogP contribution in [0.4, 0.5) is 0 Å². The monoisotopic (exact) mass is 295 g/mol. The fraction of sp³-hybridized carbons (Fsp3) is 0.875. The largest absolute Gasteiger partial charge is 0.468 e. The van der Waals surface area contributed by atoms with Gasteiger partial charge in [0, 0.05) is 24.1 Å². The van der Waals surface area contributed by atoms with Gasteiger partial charge in [-0.15, -0.1) is 0 Å². The van der Waals surface area contributed by atoms with Gasteiger partial charge in [0.25, 0.3) is 0 Å². The van der Waals surface area contributed by atoms with Crippen molar-refractivity contribution in [1.29, 1.82) is 0 Å². The van der Waals surface area contributed by atoms with Crippen LogP contribution in [0.1, 0.15) is 51.4 Å². The minimum Gasteiger partial charge on any atom is -0.468 e. The van der Waals surface area contributed by atoms with Gasteiger partial charge in [0.15, 0.2) is 0 Å². The number of ether oxygens (including phenoxy) is 1. The quantitative estimate of drug-likeness (QED) is 0.619. The molecule has 0 aromatic heterocycles. The minimum absolute atomic E-state index is 0.0573. The normalized spacial score (nSPS) is 39.4. The lowest BCUT2D eigenvalue weighted by Crippen LogP contribution is -2.65. The summed E-state index contributed by atoms with van der Waals surface area (Å²) in [7, 11) is 1.35. The lowest BCUT2D eigenvalue weighted by molar-refractivity contribution is -0.168. The van der Waals surface area contributed by atoms with Gasteiger partial charge in [0.05, 0.1) is 7.11 Å². The number of carbonyl (C=O) groups excluding carboxylic acids is 2. The molecule has 3 fully saturated rings. The number of carbonyl (C=O) groups is 2. The van der Waals surface area contributed by atoms with Crippen molar-refractivity contribution in [2.75, 3.05) is 13.7 Å². The number of piperidine rings is 2. The molecule has 1 amide bonds. The van der Waals surface area contributed by atoms with Crippen molar-refractivity contribution in [2.45, 2.75) is 62.9 Å². The third-order valence-electron chi connectivity index (χ3n) is 5.94. The van der Waals surface area contributed by atoms with Gasteiger partial charge in [-0.3, -0.25) is 9.59 Å². The van der Waals surface area contributed by atoms with Crippen LogP contribution in [-0.2, 0) is 14.3 Å². The Morgan fingerprint density at radius 1 is 1.29 bits per heavy atom. The zero-order chi connectivity index (χ0) is 15.0. The van der Waals surface area contributed by atoms with Crippen molar-refractivity contribution in [3.8, 4) is 0 Å². The Labute approximate surface area is 125 Å². The Balaban J connectivity index is 1.92. The summed E-state index contributed by atoms with van der Waals surface area (Å²) in [5.41, 5.74) is -0.207. The molecular weight excluding hydrogens is 270 g/mol. The zero-order valence-corrected chi connectivity index (χ0v) is 12.7. The van der Waals surface area contributed by atoms with Crippen LogP contribution in [0, 0.1) is 11.8 Å². The van der Waals surface area contributed by atoms with Gasteiger partial charge in [-0.25, -0.2) is 0 Å². The molecule has 1 spiro atoms. The van der Waals surface area contributed by atoms with Gasteiger partial charge in [-0.05, 0) is 44.9 Å². The summed E-state index contributed by atoms with van der Waals surface area (Å²) in [6.45, 7) is 0.138. The fourth-order valence-electron chi connectivity index (χ4n) is 4.98. The molecule has 0 bridgehead atoms. The van der Waals surface area contributed by atoms with E-state index < -0.39 is 11.9 Å². The molecule has 4 atom stereocenters. The van der Waals surface area contributed by atoms with Crippen LogP contribution in [0.15, 0.2) is 0 Å². The highest BCUT2D eigenvalue weighted by atomic mass is 16.5. The first-order valence-electron chi connectivity index (χ1n) is 8.16. The van der Waals surface area contributed by atoms with Crippen molar-refractivity contribution in [1.82, 2.24) is 4.90 Å². The number of esters is 1. The number of hydrogen-bond donors (Lipinski definition) is 1. The summed E-state index contributed by atoms with van der Waals surface area (Å²) in [6.07, 6.45) is 7.61. The van der Waals surface area contributed by atoms with Crippen LogP contribution in [0.25, 0.3) is 0 Å². The molecule has 5 heteroatoms. The standard InChI is InChI=1S/C16H25NO4/c1-21-15(20)13-7-6-12-5-3-9-16(17(12)14(13)19)8-2-4-11(16)10-18/h11-13,18H,2-10H2,1H3/t11-,12-,13?,16+/m1/s1. The molecule has 1 unspecified atom stereocenters. The van der Waals surface area contributed by atoms with Gasteiger partial charge in [-0.2, -0.15) is 0 Å². The van der Waals surface area contributed by atoms with Crippen molar-refractivity contribution in [2.24, 2.45) is 11.8 Å². The molecule has 2 aliphatic heterocycles. The third kappa shape index (κ3) is 2.17. The van der Waals surface area contributed by atoms with Gasteiger partial charge >= 0.3 is 5.97 Å². The number of rotatable bonds is 2. The number of nitrogens with zero attached hydrogens (tertiary/aromatic N) is 1. The number of hydrogen-bond acceptors (Lipinski definition) is 4. The Morgan fingerprint density at radius 2 is 2.00 bits per heavy atom. The average molecular weight is 295 g/mol. The molecule has 118 valence electrons. The first-order chi connectivity index (χ1) is 10.1. The summed E-state index contributed by atoms with van der Waals surface area (Å²) in [5, 5.41) is 9.75. The molecular formula is C16H25NO4. The van der Waals surface area contributed by atoms with E-state index in [1.54, 1.807) is 0 Å². The third-order valence-corrected chi connectivity index (χ3v) is 5.94. The number of fused-ring (bicyclic) bond motifs is 2. The second kappa shape index (κ2) is 5.59. The SMILES string of the molecule is COC(=O)C1CC[C@H]2CCC[C@]3(CCC[C@@H]3CO)N2C1=O. The summed E-state index contributed by atoms with van der Waals surface area (Å²) < 4.78 is 4.81. The first-order valence-corrected chi connectivity index (χ1v) is 8.16. The van der Waals surface area contributed by atoms with Crippen LogP contribution >= 0.6 is 0 Å². The average Bonchev–Trinajstić information content (AvgIpc) is 2.90. The van der Waals surface area contributed by atoms with E-state index in [0.29, 0.717) is 6.42 Å². The molecule has 21 heavy (non-hydrogen) atoms. The molecule has 1 aliphatic carbocycles. The highest BCUT2D eigenvalue weighted by Gasteiger charge is 2.55. The van der Waals surface area contributed by atoms with Crippen LogP contribution < -0.4 is 0 Å². The highest BCUT2D eigenvalue weighted by Crippen LogP contribution is 2.50. The Bertz CT molecular complexity index is 438. The van der Waals surface area contributed by atoms with Crippen LogP contribution in [-0.4, -0.2) is 47.2 Å². The number of amides is 1. The van der Waals surface area contributed by atoms with Gasteiger partial charge in [-0.1, -0.05) is 6.42 Å². The molecule has 2 heterocycles. The first kappa shape index (κ1) is 14.8. The van der Waals surface area contributed by atoms with E-state index in [1.807, 2.05) is 4.90 Å². The summed E-state index contributed by atoms with van der Waals surface area (Å²) in [6, 6.07) is 0.249. The molecule has 1 saturated carbocycles. The molecule has 5 nitrogen and oxygen atoms in total. The fourth-order valence-corrected chi connectivity index (χ4v) is 4.98. The van der Waals surface area contributed by atoms with Crippen molar-refractivity contribution in [3.05, 3.63) is 0 Å². The topological polar surface area (TPSA) is 66.8 Å². The van der Waals surface area contributed by atoms with E-state index in [9.17, 15) is 14.7 Å². The van der Waals surface area contributed by atoms with Crippen LogP contribution in [0.2, 0.25) is 0 Å². The lowest BCUT2D eigenvalue weighted by atomic mass is 9.72. The van der Waals surface area contributed by atoms with E-state index in [0.717, 1.165) is 44.9 Å². The van der Waals surface area contributed by atoms with Crippen molar-refractivity contribution in [3.63, 3.8) is 0 Å². The second-order valence-corrected chi connectivity index (χ2v) is 6.78. The summed E-state index contributed by atoms with van der Waals surface area (Å²) >= 11 is 0. The van der Waals surface area contributed by atoms with Crippen LogP contribution in [0.5, 0.6) is 0 Å². The Morgan fingerprint density at radius 3 is 2.67 bits per heavy atom. The minimum atomic E-state index is -0.638. The van der Waals surface area contributed by atoms with Crippen molar-refractivity contribution < 1.29 is 19.4 Å². The number of aliphatic hydroxyl groups is 1. The molecule has 3 rings (SSSR count). The van der Waals surface area contributed by atoms with Gasteiger partial charge in [0.2, 0.25) is 5.91 Å². The predicted molar refractivity (Wildman–Crippen MR) is 76.4 cm³/mol. The van der Waals surface area contributed by atoms with E-state index in [2.05, 4.69) is 0 Å². The van der Waals surface area contributed by atoms with Gasteiger partial charge < -0.3 is 14.7 Å². The second-order valence-electron chi connectivity index (χ2n) is 6.78. The molecule has 0 aromatic carbocycles. The van der Waals surface area contributed by atoms with E-state index in [4.69, 9.17) is 4.74 Å². The van der Waals surface area contributed by atoms with E-state index in [1.165, 1.54) is 7.11 Å². The maximum atomic E-state index is 12.9. The molecule has 3 aliphatic rings. The maximum absolute atomic E-state index is 12.9. The predicted octanol–water partition coefficient (Wildman–Crippen LogP) is 1.48. The maximum Gasteiger partial charge on any atom is 0.318 e. The smallest absolute Gasteiger partial charge is 0.318 e. The molecule has 0 aromatic rings. The Kier molecular flexibility index (Phi) is 3.95. The highest BCUT2D eigenvalue weighted by molar-refractivity contribution is 5.98. The summed E-state index contributed by atoms with van der Waals surface area (Å²) in [5.74, 6) is -0.933. The molecule has 1 N–H and O–H groups in total. The van der Waals surface area contributed by atoms with E-state index >= 15 is 0 Å².